The van der Waals surface area contributed by atoms with Crippen LogP contribution in [0.5, 0.6) is 0 Å². The van der Waals surface area contributed by atoms with Crippen LogP contribution in [0.2, 0.25) is 5.02 Å². The zero-order chi connectivity index (χ0) is 19.1. The number of benzene rings is 1. The summed E-state index contributed by atoms with van der Waals surface area (Å²) in [6.07, 6.45) is 2.33. The quantitative estimate of drug-likeness (QED) is 0.602. The van der Waals surface area contributed by atoms with Gasteiger partial charge in [-0.1, -0.05) is 17.7 Å². The number of carbonyl (C=O) groups is 1. The van der Waals surface area contributed by atoms with E-state index in [4.69, 9.17) is 11.6 Å². The van der Waals surface area contributed by atoms with Crippen LogP contribution in [0.3, 0.4) is 0 Å². The second-order valence-corrected chi connectivity index (χ2v) is 6.63. The van der Waals surface area contributed by atoms with Gasteiger partial charge in [-0.15, -0.1) is 0 Å². The Morgan fingerprint density at radius 2 is 2.12 bits per heavy atom. The summed E-state index contributed by atoms with van der Waals surface area (Å²) in [4.78, 5) is 18.4. The fourth-order valence-corrected chi connectivity index (χ4v) is 2.87. The molecule has 140 valence electrons. The number of nitrogens with zero attached hydrogens (tertiary/aromatic N) is 3. The van der Waals surface area contributed by atoms with Crippen molar-refractivity contribution in [2.45, 2.75) is 19.9 Å². The average Bonchev–Trinajstić information content (AvgIpc) is 2.99. The van der Waals surface area contributed by atoms with Crippen LogP contribution in [-0.4, -0.2) is 42.0 Å². The number of hydrogen-bond acceptors (Lipinski definition) is 2. The number of aryl methyl sites for hydroxylation is 2. The highest BCUT2D eigenvalue weighted by molar-refractivity contribution is 6.33. The number of rotatable bonds is 6. The van der Waals surface area contributed by atoms with Crippen LogP contribution >= 0.6 is 11.6 Å². The van der Waals surface area contributed by atoms with Crippen molar-refractivity contribution in [2.24, 2.45) is 12.0 Å². The molecular formula is C19H26ClN5O. The standard InChI is InChI=1S/C19H26ClN5O/c1-14-7-8-17(16(20)12-14)23-18(26)9-10-22-19(21-2)25(4)13-15-6-5-11-24(15)3/h5-8,11-12H,9-10,13H2,1-4H3,(H,21,22)(H,23,26). The highest BCUT2D eigenvalue weighted by Gasteiger charge is 2.10. The van der Waals surface area contributed by atoms with Gasteiger partial charge >= 0.3 is 0 Å². The van der Waals surface area contributed by atoms with E-state index in [1.165, 1.54) is 5.69 Å². The van der Waals surface area contributed by atoms with Gasteiger partial charge < -0.3 is 20.1 Å². The van der Waals surface area contributed by atoms with E-state index in [0.717, 1.165) is 18.1 Å². The van der Waals surface area contributed by atoms with Gasteiger partial charge in [0, 0.05) is 46.0 Å². The lowest BCUT2D eigenvalue weighted by Crippen LogP contribution is -2.40. The molecule has 0 fully saturated rings. The number of anilines is 1. The van der Waals surface area contributed by atoms with E-state index >= 15 is 0 Å². The third kappa shape index (κ3) is 5.52. The molecule has 1 heterocycles. The van der Waals surface area contributed by atoms with Crippen molar-refractivity contribution in [3.63, 3.8) is 0 Å². The van der Waals surface area contributed by atoms with Crippen LogP contribution in [0, 0.1) is 6.92 Å². The largest absolute Gasteiger partial charge is 0.356 e. The van der Waals surface area contributed by atoms with Crippen molar-refractivity contribution >= 4 is 29.2 Å². The van der Waals surface area contributed by atoms with Gasteiger partial charge in [0.05, 0.1) is 17.3 Å². The fraction of sp³-hybridized carbons (Fsp3) is 0.368. The number of carbonyl (C=O) groups excluding carboxylic acids is 1. The molecule has 1 aromatic heterocycles. The molecule has 0 saturated carbocycles. The maximum Gasteiger partial charge on any atom is 0.226 e. The summed E-state index contributed by atoms with van der Waals surface area (Å²) in [5.74, 6) is 0.649. The first-order valence-corrected chi connectivity index (χ1v) is 8.86. The lowest BCUT2D eigenvalue weighted by molar-refractivity contribution is -0.116. The Hall–Kier alpha value is -2.47. The first kappa shape index (κ1) is 19.8. The number of aliphatic imine (C=N–C) groups is 1. The predicted octanol–water partition coefficient (Wildman–Crippen LogP) is 3.02. The molecule has 0 aliphatic heterocycles. The molecule has 0 spiro atoms. The second kappa shape index (κ2) is 9.29. The van der Waals surface area contributed by atoms with Crippen molar-refractivity contribution in [2.75, 3.05) is 26.0 Å². The molecule has 2 rings (SSSR count). The van der Waals surface area contributed by atoms with Crippen molar-refractivity contribution in [3.05, 3.63) is 52.8 Å². The van der Waals surface area contributed by atoms with Crippen molar-refractivity contribution in [3.8, 4) is 0 Å². The zero-order valence-electron chi connectivity index (χ0n) is 15.7. The maximum atomic E-state index is 12.1. The smallest absolute Gasteiger partial charge is 0.226 e. The summed E-state index contributed by atoms with van der Waals surface area (Å²) < 4.78 is 2.07. The fourth-order valence-electron chi connectivity index (χ4n) is 2.59. The van der Waals surface area contributed by atoms with E-state index < -0.39 is 0 Å². The number of guanidine groups is 1. The topological polar surface area (TPSA) is 61.7 Å². The monoisotopic (exact) mass is 375 g/mol. The molecular weight excluding hydrogens is 350 g/mol. The van der Waals surface area contributed by atoms with E-state index in [9.17, 15) is 4.79 Å². The van der Waals surface area contributed by atoms with Crippen LogP contribution < -0.4 is 10.6 Å². The zero-order valence-corrected chi connectivity index (χ0v) is 16.5. The van der Waals surface area contributed by atoms with Crippen molar-refractivity contribution in [1.82, 2.24) is 14.8 Å². The van der Waals surface area contributed by atoms with Crippen LogP contribution in [0.25, 0.3) is 0 Å². The Labute approximate surface area is 159 Å². The van der Waals surface area contributed by atoms with Crippen molar-refractivity contribution in [1.29, 1.82) is 0 Å². The van der Waals surface area contributed by atoms with Gasteiger partial charge in [-0.05, 0) is 36.8 Å². The lowest BCUT2D eigenvalue weighted by Gasteiger charge is -2.22. The number of halogens is 1. The molecule has 2 N–H and O–H groups in total. The Balaban J connectivity index is 1.81. The molecule has 0 unspecified atom stereocenters. The predicted molar refractivity (Wildman–Crippen MR) is 108 cm³/mol. The first-order valence-electron chi connectivity index (χ1n) is 8.48. The molecule has 0 atom stereocenters. The van der Waals surface area contributed by atoms with E-state index in [1.54, 1.807) is 7.05 Å². The van der Waals surface area contributed by atoms with Crippen LogP contribution in [0.4, 0.5) is 5.69 Å². The molecule has 0 bridgehead atoms. The summed E-state index contributed by atoms with van der Waals surface area (Å²) in [6, 6.07) is 9.65. The summed E-state index contributed by atoms with van der Waals surface area (Å²) in [5.41, 5.74) is 2.87. The van der Waals surface area contributed by atoms with E-state index in [2.05, 4.69) is 26.3 Å². The van der Waals surface area contributed by atoms with Crippen molar-refractivity contribution < 1.29 is 4.79 Å². The minimum Gasteiger partial charge on any atom is -0.356 e. The number of amides is 1. The first-order chi connectivity index (χ1) is 12.4. The normalized spacial score (nSPS) is 11.3. The minimum absolute atomic E-state index is 0.0937. The molecule has 6 nitrogen and oxygen atoms in total. The van der Waals surface area contributed by atoms with Gasteiger partial charge in [0.2, 0.25) is 5.91 Å². The molecule has 0 aliphatic rings. The Bertz CT molecular complexity index is 784. The maximum absolute atomic E-state index is 12.1. The molecule has 0 saturated heterocycles. The molecule has 1 amide bonds. The van der Waals surface area contributed by atoms with Gasteiger partial charge in [0.1, 0.15) is 0 Å². The molecule has 26 heavy (non-hydrogen) atoms. The number of nitrogens with one attached hydrogen (secondary N) is 2. The van der Waals surface area contributed by atoms with Gasteiger partial charge in [-0.2, -0.15) is 0 Å². The van der Waals surface area contributed by atoms with Gasteiger partial charge in [-0.3, -0.25) is 9.79 Å². The second-order valence-electron chi connectivity index (χ2n) is 6.22. The van der Waals surface area contributed by atoms with Gasteiger partial charge in [0.15, 0.2) is 5.96 Å². The van der Waals surface area contributed by atoms with Crippen LogP contribution in [0.15, 0.2) is 41.5 Å². The molecule has 0 aliphatic carbocycles. The third-order valence-electron chi connectivity index (χ3n) is 4.06. The molecule has 2 aromatic rings. The highest BCUT2D eigenvalue weighted by Crippen LogP contribution is 2.22. The van der Waals surface area contributed by atoms with Gasteiger partial charge in [-0.25, -0.2) is 0 Å². The summed E-state index contributed by atoms with van der Waals surface area (Å²) in [5, 5.41) is 6.59. The number of aromatic nitrogens is 1. The van der Waals surface area contributed by atoms with E-state index in [1.807, 2.05) is 56.4 Å². The van der Waals surface area contributed by atoms with E-state index in [-0.39, 0.29) is 5.91 Å². The minimum atomic E-state index is -0.0937. The van der Waals surface area contributed by atoms with Crippen LogP contribution in [0.1, 0.15) is 17.7 Å². The molecule has 1 aromatic carbocycles. The van der Waals surface area contributed by atoms with Gasteiger partial charge in [0.25, 0.3) is 0 Å². The highest BCUT2D eigenvalue weighted by atomic mass is 35.5. The Morgan fingerprint density at radius 1 is 1.35 bits per heavy atom. The molecule has 0 radical (unpaired) electrons. The SMILES string of the molecule is CN=C(NCCC(=O)Nc1ccc(C)cc1Cl)N(C)Cc1cccn1C. The van der Waals surface area contributed by atoms with Crippen LogP contribution in [-0.2, 0) is 18.4 Å². The third-order valence-corrected chi connectivity index (χ3v) is 4.37. The Morgan fingerprint density at radius 3 is 2.73 bits per heavy atom. The molecule has 7 heteroatoms. The van der Waals surface area contributed by atoms with E-state index in [0.29, 0.717) is 23.7 Å². The Kier molecular flexibility index (Phi) is 7.09. The summed E-state index contributed by atoms with van der Waals surface area (Å²) in [7, 11) is 5.71. The summed E-state index contributed by atoms with van der Waals surface area (Å²) in [6.45, 7) is 3.17. The lowest BCUT2D eigenvalue weighted by atomic mass is 10.2. The summed E-state index contributed by atoms with van der Waals surface area (Å²) >= 11 is 6.14. The number of hydrogen-bond donors (Lipinski definition) is 2. The average molecular weight is 376 g/mol.